The number of aliphatic imine (C=N–C) groups is 1. The van der Waals surface area contributed by atoms with E-state index in [0.29, 0.717) is 19.1 Å². The number of ether oxygens (including phenoxy) is 2. The molecule has 0 amide bonds. The lowest BCUT2D eigenvalue weighted by atomic mass is 10.2. The molecule has 29 heavy (non-hydrogen) atoms. The fourth-order valence-corrected chi connectivity index (χ4v) is 3.63. The third-order valence-electron chi connectivity index (χ3n) is 4.16. The lowest BCUT2D eigenvalue weighted by Gasteiger charge is -2.18. The average Bonchev–Trinajstić information content (AvgIpc) is 2.71. The van der Waals surface area contributed by atoms with E-state index in [2.05, 4.69) is 32.3 Å². The molecule has 0 aliphatic rings. The molecule has 9 nitrogen and oxygen atoms in total. The zero-order valence-corrected chi connectivity index (χ0v) is 18.7. The molecule has 0 heterocycles. The maximum absolute atomic E-state index is 12.3. The van der Waals surface area contributed by atoms with Crippen LogP contribution >= 0.6 is 0 Å². The van der Waals surface area contributed by atoms with Gasteiger partial charge in [-0.1, -0.05) is 12.1 Å². The molecule has 0 aromatic heterocycles. The van der Waals surface area contributed by atoms with Crippen molar-refractivity contribution in [1.82, 2.24) is 20.3 Å². The summed E-state index contributed by atoms with van der Waals surface area (Å²) in [6, 6.07) is 6.83. The second-order valence-electron chi connectivity index (χ2n) is 6.54. The maximum Gasteiger partial charge on any atom is 0.240 e. The van der Waals surface area contributed by atoms with Gasteiger partial charge in [-0.2, -0.15) is 0 Å². The molecule has 0 fully saturated rings. The van der Waals surface area contributed by atoms with Crippen LogP contribution in [0.15, 0.2) is 34.2 Å². The van der Waals surface area contributed by atoms with Crippen LogP contribution in [0.5, 0.6) is 0 Å². The quantitative estimate of drug-likeness (QED) is 0.221. The van der Waals surface area contributed by atoms with Gasteiger partial charge in [0, 0.05) is 60.6 Å². The molecule has 1 aromatic carbocycles. The van der Waals surface area contributed by atoms with Crippen molar-refractivity contribution in [2.24, 2.45) is 4.99 Å². The van der Waals surface area contributed by atoms with Gasteiger partial charge in [0.2, 0.25) is 10.0 Å². The Hall–Kier alpha value is -1.72. The van der Waals surface area contributed by atoms with Gasteiger partial charge in [0.05, 0.1) is 11.5 Å². The number of benzene rings is 1. The molecule has 10 heteroatoms. The standard InChI is InChI=1S/C19H35N5O4S/c1-20-19(21-9-12-24(2)11-6-13-27-3)22-16-17-7-5-8-18(15-17)29(25,26)23-10-14-28-4/h5,7-8,15,23H,6,9-14,16H2,1-4H3,(H2,20,21,22). The minimum Gasteiger partial charge on any atom is -0.385 e. The van der Waals surface area contributed by atoms with Gasteiger partial charge in [-0.05, 0) is 31.2 Å². The third-order valence-corrected chi connectivity index (χ3v) is 5.62. The number of likely N-dealkylation sites (N-methyl/N-ethyl adjacent to an activating group) is 1. The first-order valence-electron chi connectivity index (χ1n) is 9.62. The Labute approximate surface area is 174 Å². The van der Waals surface area contributed by atoms with Gasteiger partial charge in [0.15, 0.2) is 5.96 Å². The van der Waals surface area contributed by atoms with Crippen LogP contribution in [0.4, 0.5) is 0 Å². The highest BCUT2D eigenvalue weighted by Gasteiger charge is 2.13. The molecule has 0 aliphatic carbocycles. The van der Waals surface area contributed by atoms with Gasteiger partial charge in [0.1, 0.15) is 0 Å². The molecule has 0 atom stereocenters. The van der Waals surface area contributed by atoms with Gasteiger partial charge in [-0.25, -0.2) is 13.1 Å². The Morgan fingerprint density at radius 1 is 1.10 bits per heavy atom. The predicted molar refractivity (Wildman–Crippen MR) is 116 cm³/mol. The second kappa shape index (κ2) is 14.3. The normalized spacial score (nSPS) is 12.4. The molecular weight excluding hydrogens is 394 g/mol. The van der Waals surface area contributed by atoms with Crippen LogP contribution in [0.1, 0.15) is 12.0 Å². The summed E-state index contributed by atoms with van der Waals surface area (Å²) in [5, 5.41) is 6.47. The molecule has 0 saturated carbocycles. The lowest BCUT2D eigenvalue weighted by Crippen LogP contribution is -2.40. The first kappa shape index (κ1) is 25.3. The van der Waals surface area contributed by atoms with Crippen molar-refractivity contribution in [2.75, 3.05) is 67.7 Å². The van der Waals surface area contributed by atoms with Crippen LogP contribution < -0.4 is 15.4 Å². The number of nitrogens with one attached hydrogen (secondary N) is 3. The monoisotopic (exact) mass is 429 g/mol. The molecule has 3 N–H and O–H groups in total. The predicted octanol–water partition coefficient (Wildman–Crippen LogP) is 0.245. The molecule has 0 radical (unpaired) electrons. The minimum absolute atomic E-state index is 0.230. The number of guanidine groups is 1. The second-order valence-corrected chi connectivity index (χ2v) is 8.31. The van der Waals surface area contributed by atoms with Crippen LogP contribution in [0, 0.1) is 0 Å². The van der Waals surface area contributed by atoms with Crippen molar-refractivity contribution in [1.29, 1.82) is 0 Å². The largest absolute Gasteiger partial charge is 0.385 e. The van der Waals surface area contributed by atoms with Gasteiger partial charge in [-0.3, -0.25) is 4.99 Å². The van der Waals surface area contributed by atoms with E-state index in [0.717, 1.165) is 38.2 Å². The van der Waals surface area contributed by atoms with Crippen LogP contribution in [0.25, 0.3) is 0 Å². The van der Waals surface area contributed by atoms with Crippen molar-refractivity contribution >= 4 is 16.0 Å². The smallest absolute Gasteiger partial charge is 0.240 e. The summed E-state index contributed by atoms with van der Waals surface area (Å²) in [6.45, 7) is 4.39. The SMILES string of the molecule is CN=C(NCCN(C)CCCOC)NCc1cccc(S(=O)(=O)NCCOC)c1. The molecule has 166 valence electrons. The minimum atomic E-state index is -3.55. The van der Waals surface area contributed by atoms with Crippen LogP contribution in [0.2, 0.25) is 0 Å². The third kappa shape index (κ3) is 10.6. The van der Waals surface area contributed by atoms with Gasteiger partial charge < -0.3 is 25.0 Å². The number of hydrogen-bond donors (Lipinski definition) is 3. The van der Waals surface area contributed by atoms with Crippen LogP contribution in [-0.2, 0) is 26.0 Å². The van der Waals surface area contributed by atoms with Crippen molar-refractivity contribution in [3.05, 3.63) is 29.8 Å². The average molecular weight is 430 g/mol. The molecule has 1 aromatic rings. The van der Waals surface area contributed by atoms with E-state index in [1.165, 1.54) is 7.11 Å². The first-order chi connectivity index (χ1) is 13.9. The summed E-state index contributed by atoms with van der Waals surface area (Å²) < 4.78 is 37.1. The topological polar surface area (TPSA) is 104 Å². The summed E-state index contributed by atoms with van der Waals surface area (Å²) in [5.74, 6) is 0.668. The Bertz CT molecular complexity index is 712. The highest BCUT2D eigenvalue weighted by atomic mass is 32.2. The zero-order chi connectivity index (χ0) is 21.5. The van der Waals surface area contributed by atoms with Crippen LogP contribution in [-0.4, -0.2) is 87.0 Å². The van der Waals surface area contributed by atoms with Gasteiger partial charge in [0.25, 0.3) is 0 Å². The molecule has 0 saturated heterocycles. The Kier molecular flexibility index (Phi) is 12.5. The summed E-state index contributed by atoms with van der Waals surface area (Å²) in [5.41, 5.74) is 0.847. The summed E-state index contributed by atoms with van der Waals surface area (Å²) in [4.78, 5) is 6.66. The number of nitrogens with zero attached hydrogens (tertiary/aromatic N) is 2. The zero-order valence-electron chi connectivity index (χ0n) is 17.9. The van der Waals surface area contributed by atoms with Crippen molar-refractivity contribution in [2.45, 2.75) is 17.9 Å². The number of hydrogen-bond acceptors (Lipinski definition) is 6. The molecule has 0 spiro atoms. The van der Waals surface area contributed by atoms with E-state index in [9.17, 15) is 8.42 Å². The van der Waals surface area contributed by atoms with E-state index in [-0.39, 0.29) is 11.4 Å². The van der Waals surface area contributed by atoms with Gasteiger partial charge in [-0.15, -0.1) is 0 Å². The lowest BCUT2D eigenvalue weighted by molar-refractivity contribution is 0.180. The Morgan fingerprint density at radius 3 is 2.55 bits per heavy atom. The van der Waals surface area contributed by atoms with E-state index in [4.69, 9.17) is 9.47 Å². The Morgan fingerprint density at radius 2 is 1.86 bits per heavy atom. The number of sulfonamides is 1. The molecule has 0 aliphatic heterocycles. The highest BCUT2D eigenvalue weighted by Crippen LogP contribution is 2.11. The molecule has 0 unspecified atom stereocenters. The highest BCUT2D eigenvalue weighted by molar-refractivity contribution is 7.89. The van der Waals surface area contributed by atoms with E-state index < -0.39 is 10.0 Å². The summed E-state index contributed by atoms with van der Waals surface area (Å²) in [6.07, 6.45) is 1.000. The van der Waals surface area contributed by atoms with E-state index in [1.807, 2.05) is 6.07 Å². The van der Waals surface area contributed by atoms with E-state index in [1.54, 1.807) is 32.4 Å². The summed E-state index contributed by atoms with van der Waals surface area (Å²) >= 11 is 0. The van der Waals surface area contributed by atoms with Gasteiger partial charge >= 0.3 is 0 Å². The maximum atomic E-state index is 12.3. The summed E-state index contributed by atoms with van der Waals surface area (Å²) in [7, 11) is 3.46. The van der Waals surface area contributed by atoms with Crippen molar-refractivity contribution in [3.63, 3.8) is 0 Å². The number of methoxy groups -OCH3 is 2. The first-order valence-corrected chi connectivity index (χ1v) is 11.1. The van der Waals surface area contributed by atoms with Crippen molar-refractivity contribution < 1.29 is 17.9 Å². The fourth-order valence-electron chi connectivity index (χ4n) is 2.55. The molecule has 1 rings (SSSR count). The Balaban J connectivity index is 2.48. The number of rotatable bonds is 14. The van der Waals surface area contributed by atoms with Crippen molar-refractivity contribution in [3.8, 4) is 0 Å². The molecular formula is C19H35N5O4S. The van der Waals surface area contributed by atoms with E-state index >= 15 is 0 Å². The molecule has 0 bridgehead atoms. The fraction of sp³-hybridized carbons (Fsp3) is 0.632. The van der Waals surface area contributed by atoms with Crippen LogP contribution in [0.3, 0.4) is 0 Å².